The predicted molar refractivity (Wildman–Crippen MR) is 58.6 cm³/mol. The van der Waals surface area contributed by atoms with Crippen LogP contribution in [0.2, 0.25) is 0 Å². The van der Waals surface area contributed by atoms with Crippen molar-refractivity contribution < 1.29 is 9.52 Å². The van der Waals surface area contributed by atoms with Gasteiger partial charge in [-0.05, 0) is 45.2 Å². The largest absolute Gasteiger partial charge is 0.465 e. The van der Waals surface area contributed by atoms with Crippen molar-refractivity contribution in [3.8, 4) is 0 Å². The Hall–Kier alpha value is -0.800. The van der Waals surface area contributed by atoms with Crippen molar-refractivity contribution >= 4 is 0 Å². The molecule has 0 amide bonds. The molecule has 3 heteroatoms. The van der Waals surface area contributed by atoms with Crippen LogP contribution in [0.1, 0.15) is 43.7 Å². The Morgan fingerprint density at radius 1 is 1.47 bits per heavy atom. The number of aliphatic hydroxyl groups excluding tert-OH is 1. The standard InChI is InChI=1S/C12H19NO2/c1-8-6-7-12(15-8)9(2)13-10-4-3-5-11(10)14/h6-7,9-11,13-14H,3-5H2,1-2H3/t9?,10-,11-/m0/s1. The molecule has 3 atom stereocenters. The zero-order chi connectivity index (χ0) is 10.8. The Balaban J connectivity index is 1.94. The Bertz CT molecular complexity index is 321. The fourth-order valence-corrected chi connectivity index (χ4v) is 2.22. The van der Waals surface area contributed by atoms with Gasteiger partial charge in [0.1, 0.15) is 11.5 Å². The molecule has 1 saturated carbocycles. The fourth-order valence-electron chi connectivity index (χ4n) is 2.22. The lowest BCUT2D eigenvalue weighted by atomic mass is 10.1. The van der Waals surface area contributed by atoms with Crippen LogP contribution >= 0.6 is 0 Å². The van der Waals surface area contributed by atoms with Crippen LogP contribution in [0.4, 0.5) is 0 Å². The van der Waals surface area contributed by atoms with Crippen LogP contribution in [0.3, 0.4) is 0 Å². The van der Waals surface area contributed by atoms with Gasteiger partial charge in [0.25, 0.3) is 0 Å². The molecular weight excluding hydrogens is 190 g/mol. The van der Waals surface area contributed by atoms with E-state index in [4.69, 9.17) is 4.42 Å². The highest BCUT2D eigenvalue weighted by Gasteiger charge is 2.26. The molecule has 84 valence electrons. The SMILES string of the molecule is Cc1ccc(C(C)N[C@H]2CCC[C@@H]2O)o1. The minimum absolute atomic E-state index is 0.177. The lowest BCUT2D eigenvalue weighted by Gasteiger charge is -2.20. The van der Waals surface area contributed by atoms with Crippen molar-refractivity contribution in [1.29, 1.82) is 0 Å². The highest BCUT2D eigenvalue weighted by molar-refractivity contribution is 5.09. The maximum atomic E-state index is 9.70. The Kier molecular flexibility index (Phi) is 3.12. The third-order valence-corrected chi connectivity index (χ3v) is 3.13. The van der Waals surface area contributed by atoms with Crippen LogP contribution in [0.25, 0.3) is 0 Å². The topological polar surface area (TPSA) is 45.4 Å². The van der Waals surface area contributed by atoms with Gasteiger partial charge in [0.05, 0.1) is 12.1 Å². The van der Waals surface area contributed by atoms with E-state index in [1.165, 1.54) is 0 Å². The average molecular weight is 209 g/mol. The van der Waals surface area contributed by atoms with Crippen LogP contribution in [-0.4, -0.2) is 17.3 Å². The monoisotopic (exact) mass is 209 g/mol. The first-order valence-electron chi connectivity index (χ1n) is 5.67. The second-order valence-corrected chi connectivity index (χ2v) is 4.44. The third-order valence-electron chi connectivity index (χ3n) is 3.13. The molecule has 0 radical (unpaired) electrons. The molecule has 1 aliphatic carbocycles. The van der Waals surface area contributed by atoms with E-state index in [0.29, 0.717) is 0 Å². The first-order valence-corrected chi connectivity index (χ1v) is 5.67. The number of hydrogen-bond donors (Lipinski definition) is 2. The molecule has 1 fully saturated rings. The van der Waals surface area contributed by atoms with Crippen molar-refractivity contribution in [3.05, 3.63) is 23.7 Å². The van der Waals surface area contributed by atoms with Gasteiger partial charge >= 0.3 is 0 Å². The minimum Gasteiger partial charge on any atom is -0.465 e. The first-order chi connectivity index (χ1) is 7.16. The maximum absolute atomic E-state index is 9.70. The molecule has 0 bridgehead atoms. The molecule has 1 unspecified atom stereocenters. The third kappa shape index (κ3) is 2.41. The summed E-state index contributed by atoms with van der Waals surface area (Å²) < 4.78 is 5.55. The van der Waals surface area contributed by atoms with Gasteiger partial charge in [0.2, 0.25) is 0 Å². The van der Waals surface area contributed by atoms with Gasteiger partial charge < -0.3 is 14.8 Å². The quantitative estimate of drug-likeness (QED) is 0.801. The van der Waals surface area contributed by atoms with Gasteiger partial charge in [-0.15, -0.1) is 0 Å². The second kappa shape index (κ2) is 4.37. The van der Waals surface area contributed by atoms with E-state index >= 15 is 0 Å². The van der Waals surface area contributed by atoms with Crippen LogP contribution in [0.15, 0.2) is 16.5 Å². The summed E-state index contributed by atoms with van der Waals surface area (Å²) in [7, 11) is 0. The Morgan fingerprint density at radius 3 is 2.80 bits per heavy atom. The van der Waals surface area contributed by atoms with Crippen molar-refractivity contribution in [1.82, 2.24) is 5.32 Å². The molecule has 1 heterocycles. The lowest BCUT2D eigenvalue weighted by molar-refractivity contribution is 0.142. The van der Waals surface area contributed by atoms with E-state index in [1.54, 1.807) is 0 Å². The van der Waals surface area contributed by atoms with E-state index in [1.807, 2.05) is 19.1 Å². The molecule has 0 aliphatic heterocycles. The van der Waals surface area contributed by atoms with Gasteiger partial charge in [0.15, 0.2) is 0 Å². The number of aryl methyl sites for hydroxylation is 1. The lowest BCUT2D eigenvalue weighted by Crippen LogP contribution is -2.37. The molecule has 1 aromatic heterocycles. The summed E-state index contributed by atoms with van der Waals surface area (Å²) in [6.45, 7) is 4.02. The maximum Gasteiger partial charge on any atom is 0.120 e. The van der Waals surface area contributed by atoms with Gasteiger partial charge in [-0.2, -0.15) is 0 Å². The first kappa shape index (κ1) is 10.7. The summed E-state index contributed by atoms with van der Waals surface area (Å²) in [4.78, 5) is 0. The van der Waals surface area contributed by atoms with Crippen LogP contribution in [0, 0.1) is 6.92 Å². The smallest absolute Gasteiger partial charge is 0.120 e. The zero-order valence-corrected chi connectivity index (χ0v) is 9.36. The summed E-state index contributed by atoms with van der Waals surface area (Å²) >= 11 is 0. The summed E-state index contributed by atoms with van der Waals surface area (Å²) in [6.07, 6.45) is 2.90. The predicted octanol–water partition coefficient (Wildman–Crippen LogP) is 2.15. The molecule has 2 rings (SSSR count). The van der Waals surface area contributed by atoms with Gasteiger partial charge in [-0.25, -0.2) is 0 Å². The highest BCUT2D eigenvalue weighted by atomic mass is 16.3. The van der Waals surface area contributed by atoms with E-state index in [-0.39, 0.29) is 18.2 Å². The van der Waals surface area contributed by atoms with E-state index < -0.39 is 0 Å². The van der Waals surface area contributed by atoms with Gasteiger partial charge in [-0.1, -0.05) is 0 Å². The number of nitrogens with one attached hydrogen (secondary N) is 1. The van der Waals surface area contributed by atoms with E-state index in [0.717, 1.165) is 30.8 Å². The number of hydrogen-bond acceptors (Lipinski definition) is 3. The molecule has 0 saturated heterocycles. The summed E-state index contributed by atoms with van der Waals surface area (Å²) in [5, 5.41) is 13.1. The normalized spacial score (nSPS) is 28.2. The van der Waals surface area contributed by atoms with E-state index in [2.05, 4.69) is 12.2 Å². The molecule has 0 spiro atoms. The molecule has 2 N–H and O–H groups in total. The molecule has 1 aliphatic rings. The molecule has 15 heavy (non-hydrogen) atoms. The number of rotatable bonds is 3. The summed E-state index contributed by atoms with van der Waals surface area (Å²) in [6, 6.07) is 4.37. The molecule has 3 nitrogen and oxygen atoms in total. The van der Waals surface area contributed by atoms with Crippen molar-refractivity contribution in [2.45, 2.75) is 51.3 Å². The Labute approximate surface area is 90.5 Å². The van der Waals surface area contributed by atoms with Crippen LogP contribution < -0.4 is 5.32 Å². The van der Waals surface area contributed by atoms with Crippen LogP contribution in [-0.2, 0) is 0 Å². The van der Waals surface area contributed by atoms with Gasteiger partial charge in [-0.3, -0.25) is 0 Å². The van der Waals surface area contributed by atoms with Gasteiger partial charge in [0, 0.05) is 6.04 Å². The Morgan fingerprint density at radius 2 is 2.27 bits per heavy atom. The zero-order valence-electron chi connectivity index (χ0n) is 9.36. The number of furan rings is 1. The highest BCUT2D eigenvalue weighted by Crippen LogP contribution is 2.23. The summed E-state index contributed by atoms with van der Waals surface area (Å²) in [5.74, 6) is 1.89. The molecule has 0 aromatic carbocycles. The van der Waals surface area contributed by atoms with Crippen molar-refractivity contribution in [2.24, 2.45) is 0 Å². The average Bonchev–Trinajstić information content (AvgIpc) is 2.77. The van der Waals surface area contributed by atoms with Crippen LogP contribution in [0.5, 0.6) is 0 Å². The fraction of sp³-hybridized carbons (Fsp3) is 0.667. The second-order valence-electron chi connectivity index (χ2n) is 4.44. The minimum atomic E-state index is -0.191. The van der Waals surface area contributed by atoms with E-state index in [9.17, 15) is 5.11 Å². The molecule has 1 aromatic rings. The molecular formula is C12H19NO2. The van der Waals surface area contributed by atoms with Crippen molar-refractivity contribution in [2.75, 3.05) is 0 Å². The summed E-state index contributed by atoms with van der Waals surface area (Å²) in [5.41, 5.74) is 0. The van der Waals surface area contributed by atoms with Crippen molar-refractivity contribution in [3.63, 3.8) is 0 Å². The number of aliphatic hydroxyl groups is 1.